The number of nitrogens with two attached hydrogens (primary N) is 1. The van der Waals surface area contributed by atoms with Crippen LogP contribution in [0.5, 0.6) is 5.75 Å². The van der Waals surface area contributed by atoms with Crippen LogP contribution in [0.4, 0.5) is 0 Å². The number of nitrogens with one attached hydrogen (secondary N) is 1. The van der Waals surface area contributed by atoms with Gasteiger partial charge in [0.1, 0.15) is 5.75 Å². The van der Waals surface area contributed by atoms with Crippen molar-refractivity contribution in [2.24, 2.45) is 5.73 Å². The molecule has 0 atom stereocenters. The molecule has 0 amide bonds. The lowest BCUT2D eigenvalue weighted by atomic mass is 10.2. The number of ether oxygens (including phenoxy) is 1. The van der Waals surface area contributed by atoms with Gasteiger partial charge in [0.15, 0.2) is 0 Å². The second kappa shape index (κ2) is 6.88. The number of sulfonamides is 1. The first kappa shape index (κ1) is 15.9. The summed E-state index contributed by atoms with van der Waals surface area (Å²) in [5.41, 5.74) is 6.14. The Balaban J connectivity index is 2.87. The van der Waals surface area contributed by atoms with E-state index in [-0.39, 0.29) is 11.0 Å². The van der Waals surface area contributed by atoms with Crippen molar-refractivity contribution in [2.75, 3.05) is 13.1 Å². The molecule has 0 saturated heterocycles. The first-order valence-electron chi connectivity index (χ1n) is 6.34. The fraction of sp³-hybridized carbons (Fsp3) is 0.538. The molecule has 19 heavy (non-hydrogen) atoms. The Morgan fingerprint density at radius 2 is 2.05 bits per heavy atom. The zero-order chi connectivity index (χ0) is 14.5. The molecule has 0 aliphatic carbocycles. The fourth-order valence-corrected chi connectivity index (χ4v) is 2.73. The molecule has 0 bridgehead atoms. The van der Waals surface area contributed by atoms with Gasteiger partial charge in [0, 0.05) is 6.54 Å². The highest BCUT2D eigenvalue weighted by atomic mass is 32.2. The maximum atomic E-state index is 12.0. The number of benzene rings is 1. The molecular formula is C13H22N2O3S. The van der Waals surface area contributed by atoms with E-state index in [1.165, 1.54) is 0 Å². The van der Waals surface area contributed by atoms with Crippen molar-refractivity contribution in [3.63, 3.8) is 0 Å². The molecule has 3 N–H and O–H groups in total. The Bertz CT molecular complexity index is 513. The smallest absolute Gasteiger partial charge is 0.240 e. The second-order valence-corrected chi connectivity index (χ2v) is 6.40. The molecule has 1 aromatic carbocycles. The van der Waals surface area contributed by atoms with E-state index in [1.54, 1.807) is 18.2 Å². The van der Waals surface area contributed by atoms with Gasteiger partial charge in [0.25, 0.3) is 0 Å². The Labute approximate surface area is 115 Å². The van der Waals surface area contributed by atoms with Crippen molar-refractivity contribution in [1.82, 2.24) is 4.72 Å². The molecule has 1 rings (SSSR count). The van der Waals surface area contributed by atoms with Crippen LogP contribution in [0.25, 0.3) is 0 Å². The van der Waals surface area contributed by atoms with Crippen molar-refractivity contribution in [3.8, 4) is 5.75 Å². The van der Waals surface area contributed by atoms with Crippen LogP contribution in [0.15, 0.2) is 23.1 Å². The summed E-state index contributed by atoms with van der Waals surface area (Å²) in [6.45, 7) is 6.50. The van der Waals surface area contributed by atoms with Crippen molar-refractivity contribution in [3.05, 3.63) is 23.8 Å². The van der Waals surface area contributed by atoms with Crippen LogP contribution in [0.3, 0.4) is 0 Å². The van der Waals surface area contributed by atoms with E-state index in [1.807, 2.05) is 20.8 Å². The third kappa shape index (κ3) is 4.81. The molecule has 0 fully saturated rings. The largest absolute Gasteiger partial charge is 0.491 e. The predicted molar refractivity (Wildman–Crippen MR) is 75.8 cm³/mol. The van der Waals surface area contributed by atoms with E-state index in [4.69, 9.17) is 10.5 Å². The van der Waals surface area contributed by atoms with Gasteiger partial charge in [0.05, 0.1) is 11.0 Å². The maximum Gasteiger partial charge on any atom is 0.240 e. The lowest BCUT2D eigenvalue weighted by Gasteiger charge is -2.13. The maximum absolute atomic E-state index is 12.0. The molecular weight excluding hydrogens is 264 g/mol. The molecule has 5 nitrogen and oxygen atoms in total. The third-order valence-electron chi connectivity index (χ3n) is 2.49. The molecule has 1 aromatic rings. The van der Waals surface area contributed by atoms with Gasteiger partial charge in [-0.1, -0.05) is 0 Å². The van der Waals surface area contributed by atoms with Crippen LogP contribution in [-0.2, 0) is 10.0 Å². The summed E-state index contributed by atoms with van der Waals surface area (Å²) in [5, 5.41) is 0. The highest BCUT2D eigenvalue weighted by molar-refractivity contribution is 7.89. The van der Waals surface area contributed by atoms with Crippen LogP contribution in [0.2, 0.25) is 0 Å². The zero-order valence-corrected chi connectivity index (χ0v) is 12.5. The Hall–Kier alpha value is -1.11. The molecule has 0 aliphatic rings. The second-order valence-electron chi connectivity index (χ2n) is 4.63. The van der Waals surface area contributed by atoms with Crippen LogP contribution in [0.1, 0.15) is 25.8 Å². The highest BCUT2D eigenvalue weighted by Gasteiger charge is 2.15. The van der Waals surface area contributed by atoms with Gasteiger partial charge >= 0.3 is 0 Å². The van der Waals surface area contributed by atoms with E-state index in [9.17, 15) is 8.42 Å². The van der Waals surface area contributed by atoms with Gasteiger partial charge in [-0.15, -0.1) is 0 Å². The molecule has 6 heteroatoms. The predicted octanol–water partition coefficient (Wildman–Crippen LogP) is 1.41. The van der Waals surface area contributed by atoms with Crippen molar-refractivity contribution in [1.29, 1.82) is 0 Å². The number of hydrogen-bond acceptors (Lipinski definition) is 4. The van der Waals surface area contributed by atoms with Crippen LogP contribution in [0, 0.1) is 6.92 Å². The standard InChI is InChI=1S/C13H22N2O3S/c1-10(2)18-13-6-5-12(9-11(13)3)19(16,17)15-8-4-7-14/h5-6,9-10,15H,4,7-8,14H2,1-3H3. The zero-order valence-electron chi connectivity index (χ0n) is 11.6. The number of hydrogen-bond donors (Lipinski definition) is 2. The van der Waals surface area contributed by atoms with Crippen molar-refractivity contribution >= 4 is 10.0 Å². The minimum Gasteiger partial charge on any atom is -0.491 e. The number of aryl methyl sites for hydroxylation is 1. The van der Waals surface area contributed by atoms with Crippen LogP contribution < -0.4 is 15.2 Å². The summed E-state index contributed by atoms with van der Waals surface area (Å²) in [6, 6.07) is 4.85. The van der Waals surface area contributed by atoms with Crippen molar-refractivity contribution in [2.45, 2.75) is 38.2 Å². The fourth-order valence-electron chi connectivity index (χ4n) is 1.57. The minimum atomic E-state index is -3.46. The average molecular weight is 286 g/mol. The van der Waals surface area contributed by atoms with Crippen molar-refractivity contribution < 1.29 is 13.2 Å². The SMILES string of the molecule is Cc1cc(S(=O)(=O)NCCCN)ccc1OC(C)C. The molecule has 0 unspecified atom stereocenters. The molecule has 0 aromatic heterocycles. The molecule has 0 radical (unpaired) electrons. The summed E-state index contributed by atoms with van der Waals surface area (Å²) < 4.78 is 32.1. The monoisotopic (exact) mass is 286 g/mol. The average Bonchev–Trinajstić information content (AvgIpc) is 2.31. The van der Waals surface area contributed by atoms with E-state index in [0.717, 1.165) is 5.56 Å². The van der Waals surface area contributed by atoms with Gasteiger partial charge < -0.3 is 10.5 Å². The van der Waals surface area contributed by atoms with Crippen LogP contribution >= 0.6 is 0 Å². The highest BCUT2D eigenvalue weighted by Crippen LogP contribution is 2.22. The van der Waals surface area contributed by atoms with E-state index in [2.05, 4.69) is 4.72 Å². The Kier molecular flexibility index (Phi) is 5.78. The minimum absolute atomic E-state index is 0.0591. The van der Waals surface area contributed by atoms with Crippen LogP contribution in [-0.4, -0.2) is 27.6 Å². The Morgan fingerprint density at radius 3 is 2.58 bits per heavy atom. The van der Waals surface area contributed by atoms with Gasteiger partial charge in [-0.25, -0.2) is 13.1 Å². The van der Waals surface area contributed by atoms with Gasteiger partial charge in [-0.3, -0.25) is 0 Å². The molecule has 0 heterocycles. The first-order chi connectivity index (χ1) is 8.86. The summed E-state index contributed by atoms with van der Waals surface area (Å²) >= 11 is 0. The van der Waals surface area contributed by atoms with Gasteiger partial charge in [-0.2, -0.15) is 0 Å². The molecule has 0 aliphatic heterocycles. The quantitative estimate of drug-likeness (QED) is 0.743. The first-order valence-corrected chi connectivity index (χ1v) is 7.82. The third-order valence-corrected chi connectivity index (χ3v) is 3.95. The topological polar surface area (TPSA) is 81.4 Å². The summed E-state index contributed by atoms with van der Waals surface area (Å²) in [5.74, 6) is 0.705. The summed E-state index contributed by atoms with van der Waals surface area (Å²) in [7, 11) is -3.46. The van der Waals surface area contributed by atoms with E-state index >= 15 is 0 Å². The van der Waals surface area contributed by atoms with E-state index in [0.29, 0.717) is 25.3 Å². The lowest BCUT2D eigenvalue weighted by Crippen LogP contribution is -2.26. The molecule has 108 valence electrons. The molecule has 0 spiro atoms. The molecule has 0 saturated carbocycles. The summed E-state index contributed by atoms with van der Waals surface area (Å²) in [6.07, 6.45) is 0.677. The Morgan fingerprint density at radius 1 is 1.37 bits per heavy atom. The van der Waals surface area contributed by atoms with E-state index < -0.39 is 10.0 Å². The van der Waals surface area contributed by atoms with Gasteiger partial charge in [0.2, 0.25) is 10.0 Å². The summed E-state index contributed by atoms with van der Waals surface area (Å²) in [4.78, 5) is 0.248. The lowest BCUT2D eigenvalue weighted by molar-refractivity contribution is 0.240. The number of rotatable bonds is 7. The normalized spacial score (nSPS) is 11.8. The van der Waals surface area contributed by atoms with Gasteiger partial charge in [-0.05, 0) is 57.5 Å².